The highest BCUT2D eigenvalue weighted by Crippen LogP contribution is 2.21. The molecule has 1 aromatic carbocycles. The van der Waals surface area contributed by atoms with E-state index in [0.29, 0.717) is 17.3 Å². The van der Waals surface area contributed by atoms with Gasteiger partial charge in [0.15, 0.2) is 0 Å². The van der Waals surface area contributed by atoms with Gasteiger partial charge in [-0.25, -0.2) is 4.98 Å². The molecule has 0 aliphatic heterocycles. The lowest BCUT2D eigenvalue weighted by Crippen LogP contribution is -2.25. The largest absolute Gasteiger partial charge is 0.364 e. The number of hydrogen-bond donors (Lipinski definition) is 2. The molecule has 3 rings (SSSR count). The maximum absolute atomic E-state index is 11.9. The molecule has 1 fully saturated rings. The third-order valence-electron chi connectivity index (χ3n) is 3.36. The second kappa shape index (κ2) is 5.36. The predicted octanol–water partition coefficient (Wildman–Crippen LogP) is 1.74. The molecule has 0 radical (unpaired) electrons. The summed E-state index contributed by atoms with van der Waals surface area (Å²) in [4.78, 5) is 27.2. The molecular weight excluding hydrogens is 266 g/mol. The molecule has 0 saturated heterocycles. The number of carbonyl (C=O) groups excluding carboxylic acids is 2. The van der Waals surface area contributed by atoms with E-state index in [-0.39, 0.29) is 11.6 Å². The zero-order valence-electron chi connectivity index (χ0n) is 11.4. The van der Waals surface area contributed by atoms with Crippen molar-refractivity contribution in [2.24, 2.45) is 5.73 Å². The van der Waals surface area contributed by atoms with E-state index in [9.17, 15) is 9.59 Å². The molecule has 1 heterocycles. The highest BCUT2D eigenvalue weighted by Gasteiger charge is 2.23. The van der Waals surface area contributed by atoms with Gasteiger partial charge in [0.2, 0.25) is 0 Å². The van der Waals surface area contributed by atoms with Gasteiger partial charge in [-0.1, -0.05) is 18.2 Å². The molecule has 21 heavy (non-hydrogen) atoms. The first kappa shape index (κ1) is 13.3. The topological polar surface area (TPSA) is 85.1 Å². The van der Waals surface area contributed by atoms with Crippen molar-refractivity contribution in [1.29, 1.82) is 0 Å². The van der Waals surface area contributed by atoms with Crippen molar-refractivity contribution < 1.29 is 9.59 Å². The highest BCUT2D eigenvalue weighted by atomic mass is 16.2. The van der Waals surface area contributed by atoms with Crippen LogP contribution < -0.4 is 11.1 Å². The molecule has 0 bridgehead atoms. The predicted molar refractivity (Wildman–Crippen MR) is 78.7 cm³/mol. The number of pyridine rings is 1. The summed E-state index contributed by atoms with van der Waals surface area (Å²) in [5.41, 5.74) is 7.56. The normalized spacial score (nSPS) is 13.7. The van der Waals surface area contributed by atoms with Gasteiger partial charge >= 0.3 is 0 Å². The summed E-state index contributed by atoms with van der Waals surface area (Å²) in [6.07, 6.45) is 2.13. The van der Waals surface area contributed by atoms with E-state index < -0.39 is 5.91 Å². The Kier molecular flexibility index (Phi) is 3.39. The van der Waals surface area contributed by atoms with Crippen LogP contribution in [0.25, 0.3) is 11.3 Å². The van der Waals surface area contributed by atoms with E-state index in [4.69, 9.17) is 5.73 Å². The van der Waals surface area contributed by atoms with Crippen molar-refractivity contribution in [1.82, 2.24) is 10.3 Å². The van der Waals surface area contributed by atoms with E-state index in [1.807, 2.05) is 12.1 Å². The number of hydrogen-bond acceptors (Lipinski definition) is 3. The van der Waals surface area contributed by atoms with Crippen LogP contribution in [0.3, 0.4) is 0 Å². The molecule has 5 heteroatoms. The van der Waals surface area contributed by atoms with Crippen LogP contribution in [-0.4, -0.2) is 22.8 Å². The van der Waals surface area contributed by atoms with Gasteiger partial charge in [0.1, 0.15) is 5.69 Å². The number of benzene rings is 1. The molecule has 2 aromatic rings. The standard InChI is InChI=1S/C16H15N3O2/c17-15(20)14-3-1-2-13(19-14)10-4-6-11(7-5-10)16(21)18-12-8-9-12/h1-7,12H,8-9H2,(H2,17,20)(H,18,21). The molecule has 5 nitrogen and oxygen atoms in total. The van der Waals surface area contributed by atoms with Crippen molar-refractivity contribution in [3.8, 4) is 11.3 Å². The van der Waals surface area contributed by atoms with E-state index in [0.717, 1.165) is 18.4 Å². The molecule has 2 amide bonds. The van der Waals surface area contributed by atoms with Crippen LogP contribution in [0.15, 0.2) is 42.5 Å². The number of amides is 2. The molecule has 1 aromatic heterocycles. The Balaban J connectivity index is 1.81. The summed E-state index contributed by atoms with van der Waals surface area (Å²) in [5.74, 6) is -0.611. The average Bonchev–Trinajstić information content (AvgIpc) is 3.31. The van der Waals surface area contributed by atoms with Gasteiger partial charge in [0.25, 0.3) is 11.8 Å². The maximum Gasteiger partial charge on any atom is 0.267 e. The van der Waals surface area contributed by atoms with E-state index in [1.165, 1.54) is 0 Å². The Labute approximate surface area is 122 Å². The van der Waals surface area contributed by atoms with Crippen LogP contribution in [0.5, 0.6) is 0 Å². The maximum atomic E-state index is 11.9. The van der Waals surface area contributed by atoms with Gasteiger partial charge in [0.05, 0.1) is 5.69 Å². The smallest absolute Gasteiger partial charge is 0.267 e. The van der Waals surface area contributed by atoms with Gasteiger partial charge in [-0.05, 0) is 37.1 Å². The Morgan fingerprint density at radius 1 is 1.10 bits per heavy atom. The lowest BCUT2D eigenvalue weighted by Gasteiger charge is -2.05. The molecular formula is C16H15N3O2. The van der Waals surface area contributed by atoms with Crippen molar-refractivity contribution in [2.75, 3.05) is 0 Å². The summed E-state index contributed by atoms with van der Waals surface area (Å²) in [6, 6.07) is 12.6. The third-order valence-corrected chi connectivity index (χ3v) is 3.36. The minimum absolute atomic E-state index is 0.0529. The van der Waals surface area contributed by atoms with Crippen molar-refractivity contribution in [3.05, 3.63) is 53.7 Å². The number of rotatable bonds is 4. The zero-order chi connectivity index (χ0) is 14.8. The summed E-state index contributed by atoms with van der Waals surface area (Å²) >= 11 is 0. The van der Waals surface area contributed by atoms with Crippen LogP contribution in [0, 0.1) is 0 Å². The van der Waals surface area contributed by atoms with Crippen molar-refractivity contribution in [2.45, 2.75) is 18.9 Å². The van der Waals surface area contributed by atoms with Gasteiger partial charge in [-0.15, -0.1) is 0 Å². The zero-order valence-corrected chi connectivity index (χ0v) is 11.4. The Morgan fingerprint density at radius 3 is 2.43 bits per heavy atom. The molecule has 0 atom stereocenters. The Bertz CT molecular complexity index is 691. The third kappa shape index (κ3) is 3.08. The number of primary amides is 1. The first-order valence-electron chi connectivity index (χ1n) is 6.81. The fraction of sp³-hybridized carbons (Fsp3) is 0.188. The van der Waals surface area contributed by atoms with Gasteiger partial charge in [0, 0.05) is 17.2 Å². The van der Waals surface area contributed by atoms with Crippen LogP contribution in [0.1, 0.15) is 33.7 Å². The Morgan fingerprint density at radius 2 is 1.81 bits per heavy atom. The first-order chi connectivity index (χ1) is 10.1. The van der Waals surface area contributed by atoms with E-state index in [2.05, 4.69) is 10.3 Å². The average molecular weight is 281 g/mol. The van der Waals surface area contributed by atoms with Crippen LogP contribution in [0.4, 0.5) is 0 Å². The van der Waals surface area contributed by atoms with Crippen LogP contribution >= 0.6 is 0 Å². The molecule has 0 unspecified atom stereocenters. The summed E-state index contributed by atoms with van der Waals surface area (Å²) in [7, 11) is 0. The number of nitrogens with two attached hydrogens (primary N) is 1. The summed E-state index contributed by atoms with van der Waals surface area (Å²) in [6.45, 7) is 0. The minimum Gasteiger partial charge on any atom is -0.364 e. The number of carbonyl (C=O) groups is 2. The molecule has 3 N–H and O–H groups in total. The molecule has 1 aliphatic carbocycles. The van der Waals surface area contributed by atoms with Gasteiger partial charge < -0.3 is 11.1 Å². The number of nitrogens with zero attached hydrogens (tertiary/aromatic N) is 1. The van der Waals surface area contributed by atoms with E-state index >= 15 is 0 Å². The van der Waals surface area contributed by atoms with Gasteiger partial charge in [-0.3, -0.25) is 9.59 Å². The van der Waals surface area contributed by atoms with Crippen molar-refractivity contribution >= 4 is 11.8 Å². The molecule has 0 spiro atoms. The highest BCUT2D eigenvalue weighted by molar-refractivity contribution is 5.95. The van der Waals surface area contributed by atoms with Crippen molar-refractivity contribution in [3.63, 3.8) is 0 Å². The second-order valence-corrected chi connectivity index (χ2v) is 5.10. The summed E-state index contributed by atoms with van der Waals surface area (Å²) in [5, 5.41) is 2.94. The molecule has 106 valence electrons. The lowest BCUT2D eigenvalue weighted by atomic mass is 10.1. The van der Waals surface area contributed by atoms with Crippen LogP contribution in [0.2, 0.25) is 0 Å². The SMILES string of the molecule is NC(=O)c1cccc(-c2ccc(C(=O)NC3CC3)cc2)n1. The summed E-state index contributed by atoms with van der Waals surface area (Å²) < 4.78 is 0. The monoisotopic (exact) mass is 281 g/mol. The quantitative estimate of drug-likeness (QED) is 0.895. The number of nitrogens with one attached hydrogen (secondary N) is 1. The fourth-order valence-corrected chi connectivity index (χ4v) is 2.02. The fourth-order valence-electron chi connectivity index (χ4n) is 2.02. The van der Waals surface area contributed by atoms with Gasteiger partial charge in [-0.2, -0.15) is 0 Å². The molecule has 1 saturated carbocycles. The Hall–Kier alpha value is -2.69. The van der Waals surface area contributed by atoms with E-state index in [1.54, 1.807) is 30.3 Å². The molecule has 1 aliphatic rings. The minimum atomic E-state index is -0.558. The first-order valence-corrected chi connectivity index (χ1v) is 6.81. The lowest BCUT2D eigenvalue weighted by molar-refractivity contribution is 0.0949. The number of aromatic nitrogens is 1. The van der Waals surface area contributed by atoms with Crippen LogP contribution in [-0.2, 0) is 0 Å². The second-order valence-electron chi connectivity index (χ2n) is 5.10.